The number of alkyl halides is 1. The lowest BCUT2D eigenvalue weighted by atomic mass is 9.82. The van der Waals surface area contributed by atoms with Crippen molar-refractivity contribution >= 4 is 23.4 Å². The molecule has 2 saturated heterocycles. The minimum Gasteiger partial charge on any atom is -0.456 e. The van der Waals surface area contributed by atoms with Crippen LogP contribution in [0.3, 0.4) is 0 Å². The molecular formula is C42H66FNO12. The summed E-state index contributed by atoms with van der Waals surface area (Å²) in [6.45, 7) is 7.88. The number of carbonyl (C=O) groups excluding carboxylic acids is 4. The van der Waals surface area contributed by atoms with Crippen LogP contribution in [0.5, 0.6) is 0 Å². The Morgan fingerprint density at radius 3 is 2.23 bits per heavy atom. The Balaban J connectivity index is 1.76. The maximum absolute atomic E-state index is 14.5. The predicted octanol–water partition coefficient (Wildman–Crippen LogP) is 4.03. The van der Waals surface area contributed by atoms with E-state index < -0.39 is 96.3 Å². The van der Waals surface area contributed by atoms with E-state index >= 15 is 0 Å². The number of aliphatic hydroxyl groups excluding tert-OH is 2. The van der Waals surface area contributed by atoms with Gasteiger partial charge in [0.15, 0.2) is 0 Å². The lowest BCUT2D eigenvalue weighted by molar-refractivity contribution is -0.302. The van der Waals surface area contributed by atoms with E-state index in [2.05, 4.69) is 0 Å². The molecule has 318 valence electrons. The highest BCUT2D eigenvalue weighted by molar-refractivity contribution is 6.39. The van der Waals surface area contributed by atoms with Crippen molar-refractivity contribution < 1.29 is 62.6 Å². The second-order valence-corrected chi connectivity index (χ2v) is 16.9. The van der Waals surface area contributed by atoms with Crippen LogP contribution in [0.15, 0.2) is 23.3 Å². The molecule has 3 N–H and O–H groups in total. The molecule has 0 unspecified atom stereocenters. The summed E-state index contributed by atoms with van der Waals surface area (Å²) in [5, 5.41) is 33.9. The summed E-state index contributed by atoms with van der Waals surface area (Å²) >= 11 is 0. The van der Waals surface area contributed by atoms with Crippen molar-refractivity contribution in [1.82, 2.24) is 4.90 Å². The first-order chi connectivity index (χ1) is 26.5. The number of amides is 1. The molecule has 13 nitrogen and oxygen atoms in total. The highest BCUT2D eigenvalue weighted by Gasteiger charge is 2.56. The predicted molar refractivity (Wildman–Crippen MR) is 204 cm³/mol. The van der Waals surface area contributed by atoms with Gasteiger partial charge in [-0.2, -0.15) is 0 Å². The van der Waals surface area contributed by atoms with Crippen molar-refractivity contribution in [2.75, 3.05) is 34.5 Å². The smallest absolute Gasteiger partial charge is 0.329 e. The van der Waals surface area contributed by atoms with Crippen molar-refractivity contribution in [3.05, 3.63) is 23.3 Å². The second kappa shape index (κ2) is 20.4. The topological polar surface area (TPSA) is 178 Å². The van der Waals surface area contributed by atoms with Gasteiger partial charge >= 0.3 is 5.97 Å². The maximum atomic E-state index is 14.5. The normalized spacial score (nSPS) is 41.6. The molecule has 14 heteroatoms. The summed E-state index contributed by atoms with van der Waals surface area (Å²) in [7, 11) is 4.52. The third-order valence-corrected chi connectivity index (χ3v) is 12.6. The van der Waals surface area contributed by atoms with Gasteiger partial charge < -0.3 is 43.9 Å². The lowest BCUT2D eigenvalue weighted by Crippen LogP contribution is -2.64. The molecule has 4 rings (SSSR count). The number of fused-ring (bicyclic) bond motifs is 3. The molecule has 56 heavy (non-hydrogen) atoms. The molecule has 1 aliphatic carbocycles. The fraction of sp³-hybridized carbons (Fsp3) is 0.810. The molecule has 0 radical (unpaired) electrons. The number of Topliss-reactive ketones (excluding diaryl/α,β-unsaturated/α-hetero) is 2. The van der Waals surface area contributed by atoms with Crippen molar-refractivity contribution in [3.63, 3.8) is 0 Å². The zero-order valence-electron chi connectivity index (χ0n) is 34.5. The van der Waals surface area contributed by atoms with E-state index in [0.29, 0.717) is 50.5 Å². The molecule has 2 bridgehead atoms. The standard InChI is InChI=1S/C42H66FNO12/c1-23-15-24(2)17-35(53-7)38-36(54-8)19-26(4)42(51,56-38)39(48)40(49)44-14-10-9-11-30(44)41(50)55-37(27(5)32(46)21-33(47)29(16-23)22-43)25(3)18-28-12-13-31(45)34(20-28)52-6/h16,18,24,26-32,34-38,45-46,51H,9-15,17,19-22H2,1-8H3/b23-16+,25-18+/t24-,26+,27+,28-,29-,30-,31+,32-,34+,35-,36-,37+,38+,42+/m0/s1. The fourth-order valence-electron chi connectivity index (χ4n) is 9.18. The van der Waals surface area contributed by atoms with E-state index in [-0.39, 0.29) is 43.7 Å². The molecule has 0 aromatic carbocycles. The first kappa shape index (κ1) is 46.1. The molecule has 0 aromatic rings. The quantitative estimate of drug-likeness (QED) is 0.200. The molecule has 1 amide bonds. The van der Waals surface area contributed by atoms with Crippen LogP contribution in [0.2, 0.25) is 0 Å². The number of piperidine rings is 1. The lowest BCUT2D eigenvalue weighted by Gasteiger charge is -2.47. The number of methoxy groups -OCH3 is 3. The van der Waals surface area contributed by atoms with Gasteiger partial charge in [-0.3, -0.25) is 14.4 Å². The molecular weight excluding hydrogens is 729 g/mol. The Bertz CT molecular complexity index is 1440. The summed E-state index contributed by atoms with van der Waals surface area (Å²) in [6, 6.07) is -1.18. The second-order valence-electron chi connectivity index (χ2n) is 16.9. The Morgan fingerprint density at radius 2 is 1.59 bits per heavy atom. The van der Waals surface area contributed by atoms with Crippen LogP contribution in [0.4, 0.5) is 4.39 Å². The van der Waals surface area contributed by atoms with Gasteiger partial charge in [-0.25, -0.2) is 9.18 Å². The number of hydrogen-bond donors (Lipinski definition) is 3. The van der Waals surface area contributed by atoms with Gasteiger partial charge in [0, 0.05) is 46.1 Å². The number of allylic oxidation sites excluding steroid dienone is 3. The number of ketones is 2. The Hall–Kier alpha value is -2.59. The van der Waals surface area contributed by atoms with Gasteiger partial charge in [0.2, 0.25) is 5.79 Å². The average Bonchev–Trinajstić information content (AvgIpc) is 3.18. The Kier molecular flexibility index (Phi) is 16.8. The highest BCUT2D eigenvalue weighted by Crippen LogP contribution is 2.39. The fourth-order valence-corrected chi connectivity index (χ4v) is 9.18. The maximum Gasteiger partial charge on any atom is 0.329 e. The summed E-state index contributed by atoms with van der Waals surface area (Å²) in [5.74, 6) is -9.04. The number of cyclic esters (lactones) is 1. The molecule has 14 atom stereocenters. The Labute approximate surface area is 331 Å². The number of esters is 1. The zero-order chi connectivity index (χ0) is 41.5. The number of nitrogens with zero attached hydrogens (tertiary/aromatic N) is 1. The number of carbonyl (C=O) groups is 4. The molecule has 4 aliphatic rings. The van der Waals surface area contributed by atoms with Crippen LogP contribution >= 0.6 is 0 Å². The van der Waals surface area contributed by atoms with Gasteiger partial charge in [-0.1, -0.05) is 38.5 Å². The summed E-state index contributed by atoms with van der Waals surface area (Å²) in [6.07, 6.45) is 1.46. The average molecular weight is 796 g/mol. The van der Waals surface area contributed by atoms with Crippen molar-refractivity contribution in [2.45, 2.75) is 153 Å². The molecule has 0 spiro atoms. The largest absolute Gasteiger partial charge is 0.456 e. The van der Waals surface area contributed by atoms with Crippen LogP contribution in [0.1, 0.15) is 98.8 Å². The van der Waals surface area contributed by atoms with E-state index in [1.807, 2.05) is 13.0 Å². The number of rotatable bonds is 6. The molecule has 3 aliphatic heterocycles. The van der Waals surface area contributed by atoms with Crippen molar-refractivity contribution in [3.8, 4) is 0 Å². The summed E-state index contributed by atoms with van der Waals surface area (Å²) in [5.41, 5.74) is 1.35. The van der Waals surface area contributed by atoms with E-state index in [4.69, 9.17) is 23.7 Å². The number of hydrogen-bond acceptors (Lipinski definition) is 12. The Morgan fingerprint density at radius 1 is 0.929 bits per heavy atom. The highest BCUT2D eigenvalue weighted by atomic mass is 19.1. The number of halogens is 1. The van der Waals surface area contributed by atoms with Crippen LogP contribution in [0, 0.1) is 29.6 Å². The van der Waals surface area contributed by atoms with Crippen molar-refractivity contribution in [1.29, 1.82) is 0 Å². The zero-order valence-corrected chi connectivity index (χ0v) is 34.5. The third kappa shape index (κ3) is 10.7. The van der Waals surface area contributed by atoms with Gasteiger partial charge in [0.1, 0.15) is 30.7 Å². The third-order valence-electron chi connectivity index (χ3n) is 12.6. The van der Waals surface area contributed by atoms with Crippen LogP contribution in [-0.4, -0.2) is 133 Å². The van der Waals surface area contributed by atoms with Crippen LogP contribution in [-0.2, 0) is 42.9 Å². The van der Waals surface area contributed by atoms with E-state index in [1.165, 1.54) is 21.3 Å². The monoisotopic (exact) mass is 795 g/mol. The van der Waals surface area contributed by atoms with Gasteiger partial charge in [0.25, 0.3) is 11.7 Å². The number of aliphatic hydroxyl groups is 3. The van der Waals surface area contributed by atoms with E-state index in [0.717, 1.165) is 10.5 Å². The first-order valence-electron chi connectivity index (χ1n) is 20.3. The summed E-state index contributed by atoms with van der Waals surface area (Å²) in [4.78, 5) is 57.3. The summed E-state index contributed by atoms with van der Waals surface area (Å²) < 4.78 is 44.0. The molecule has 1 saturated carbocycles. The SMILES string of the molecule is CO[C@H]1C[C@@H](C)C/C(C)=C/[C@@H](CF)C(=O)C[C@H](O)[C@@H](C)[C@@H](/C(C)=C/[C@@H]2CC[C@@H](O)[C@H](OC)C2)OC(=O)[C@@H]2CCCCN2C(=O)C(=O)[C@]2(O)O[C@H]1[C@@H](OC)C[C@H]2C. The van der Waals surface area contributed by atoms with E-state index in [9.17, 15) is 38.9 Å². The minimum atomic E-state index is -2.54. The first-order valence-corrected chi connectivity index (χ1v) is 20.3. The van der Waals surface area contributed by atoms with Gasteiger partial charge in [0.05, 0.1) is 36.4 Å². The van der Waals surface area contributed by atoms with Crippen molar-refractivity contribution in [2.24, 2.45) is 29.6 Å². The van der Waals surface area contributed by atoms with E-state index in [1.54, 1.807) is 33.8 Å². The molecule has 3 heterocycles. The van der Waals surface area contributed by atoms with Gasteiger partial charge in [-0.15, -0.1) is 0 Å². The molecule has 0 aromatic heterocycles. The minimum absolute atomic E-state index is 0.0487. The van der Waals surface area contributed by atoms with Gasteiger partial charge in [-0.05, 0) is 89.0 Å². The van der Waals surface area contributed by atoms with Crippen LogP contribution in [0.25, 0.3) is 0 Å². The molecule has 3 fully saturated rings. The van der Waals surface area contributed by atoms with Crippen LogP contribution < -0.4 is 0 Å². The number of ether oxygens (including phenoxy) is 5.